The molecule has 0 saturated carbocycles. The first-order valence-electron chi connectivity index (χ1n) is 5.77. The Morgan fingerprint density at radius 1 is 1.58 bits per heavy atom. The molecule has 3 N–H and O–H groups in total. The van der Waals surface area contributed by atoms with E-state index in [1.54, 1.807) is 12.1 Å². The Bertz CT molecular complexity index is 526. The molecule has 2 rings (SSSR count). The molecule has 7 nitrogen and oxygen atoms in total. The van der Waals surface area contributed by atoms with Crippen molar-refractivity contribution in [3.05, 3.63) is 29.2 Å². The Morgan fingerprint density at radius 3 is 3.05 bits per heavy atom. The number of rotatable bonds is 5. The van der Waals surface area contributed by atoms with Crippen molar-refractivity contribution in [2.45, 2.75) is 19.4 Å². The molecule has 0 aliphatic rings. The van der Waals surface area contributed by atoms with E-state index < -0.39 is 12.1 Å². The van der Waals surface area contributed by atoms with Gasteiger partial charge >= 0.3 is 6.03 Å². The van der Waals surface area contributed by atoms with Crippen molar-refractivity contribution in [3.63, 3.8) is 0 Å². The molecule has 2 heterocycles. The van der Waals surface area contributed by atoms with Crippen LogP contribution in [0.5, 0.6) is 0 Å². The van der Waals surface area contributed by atoms with Gasteiger partial charge in [0.2, 0.25) is 5.13 Å². The van der Waals surface area contributed by atoms with Crippen LogP contribution in [-0.2, 0) is 6.42 Å². The van der Waals surface area contributed by atoms with Gasteiger partial charge in [0.1, 0.15) is 16.9 Å². The van der Waals surface area contributed by atoms with Gasteiger partial charge in [0, 0.05) is 0 Å². The van der Waals surface area contributed by atoms with Crippen LogP contribution in [0.4, 0.5) is 9.93 Å². The summed E-state index contributed by atoms with van der Waals surface area (Å²) in [5.41, 5.74) is 0. The average molecular weight is 282 g/mol. The van der Waals surface area contributed by atoms with Crippen molar-refractivity contribution in [1.29, 1.82) is 0 Å². The fraction of sp³-hybridized carbons (Fsp3) is 0.364. The number of carbonyl (C=O) groups excluding carboxylic acids is 1. The maximum atomic E-state index is 11.6. The summed E-state index contributed by atoms with van der Waals surface area (Å²) in [6.07, 6.45) is 1.37. The second-order valence-corrected chi connectivity index (χ2v) is 4.78. The molecule has 2 amide bonds. The lowest BCUT2D eigenvalue weighted by Gasteiger charge is -2.09. The Labute approximate surface area is 113 Å². The van der Waals surface area contributed by atoms with E-state index in [1.807, 2.05) is 6.92 Å². The van der Waals surface area contributed by atoms with Gasteiger partial charge in [0.15, 0.2) is 0 Å². The lowest BCUT2D eigenvalue weighted by Crippen LogP contribution is -2.32. The maximum Gasteiger partial charge on any atom is 0.321 e. The zero-order valence-electron chi connectivity index (χ0n) is 10.3. The molecule has 19 heavy (non-hydrogen) atoms. The highest BCUT2D eigenvalue weighted by atomic mass is 32.1. The Balaban J connectivity index is 1.78. The Morgan fingerprint density at radius 2 is 2.42 bits per heavy atom. The molecule has 0 saturated heterocycles. The first-order valence-corrected chi connectivity index (χ1v) is 6.59. The fourth-order valence-electron chi connectivity index (χ4n) is 1.36. The molecule has 1 unspecified atom stereocenters. The SMILES string of the molecule is CCc1nnc(NC(=O)NCC(O)c2ccco2)s1. The van der Waals surface area contributed by atoms with Crippen molar-refractivity contribution >= 4 is 22.5 Å². The molecular weight excluding hydrogens is 268 g/mol. The highest BCUT2D eigenvalue weighted by Crippen LogP contribution is 2.15. The van der Waals surface area contributed by atoms with Crippen LogP contribution >= 0.6 is 11.3 Å². The Hall–Kier alpha value is -1.93. The van der Waals surface area contributed by atoms with Crippen LogP contribution in [0, 0.1) is 0 Å². The Kier molecular flexibility index (Phi) is 4.48. The quantitative estimate of drug-likeness (QED) is 0.772. The highest BCUT2D eigenvalue weighted by molar-refractivity contribution is 7.15. The lowest BCUT2D eigenvalue weighted by molar-refractivity contribution is 0.149. The molecule has 0 fully saturated rings. The van der Waals surface area contributed by atoms with Gasteiger partial charge in [-0.25, -0.2) is 4.79 Å². The molecule has 0 aliphatic carbocycles. The molecule has 0 aliphatic heterocycles. The van der Waals surface area contributed by atoms with Crippen molar-refractivity contribution in [2.24, 2.45) is 0 Å². The number of hydrogen-bond donors (Lipinski definition) is 3. The van der Waals surface area contributed by atoms with Gasteiger partial charge in [0.25, 0.3) is 0 Å². The lowest BCUT2D eigenvalue weighted by atomic mass is 10.3. The zero-order valence-corrected chi connectivity index (χ0v) is 11.1. The van der Waals surface area contributed by atoms with E-state index in [-0.39, 0.29) is 6.54 Å². The van der Waals surface area contributed by atoms with Gasteiger partial charge in [-0.1, -0.05) is 18.3 Å². The molecule has 8 heteroatoms. The number of aromatic nitrogens is 2. The number of carbonyl (C=O) groups is 1. The predicted molar refractivity (Wildman–Crippen MR) is 70.0 cm³/mol. The average Bonchev–Trinajstić information content (AvgIpc) is 3.06. The van der Waals surface area contributed by atoms with Crippen LogP contribution in [0.25, 0.3) is 0 Å². The summed E-state index contributed by atoms with van der Waals surface area (Å²) in [7, 11) is 0. The summed E-state index contributed by atoms with van der Waals surface area (Å²) in [6, 6.07) is 2.87. The first kappa shape index (κ1) is 13.5. The van der Waals surface area contributed by atoms with E-state index in [4.69, 9.17) is 4.42 Å². The minimum absolute atomic E-state index is 0.0544. The summed E-state index contributed by atoms with van der Waals surface area (Å²) >= 11 is 1.32. The molecule has 0 radical (unpaired) electrons. The van der Waals surface area contributed by atoms with Crippen LogP contribution in [0.1, 0.15) is 23.8 Å². The van der Waals surface area contributed by atoms with Gasteiger partial charge in [-0.2, -0.15) is 0 Å². The zero-order chi connectivity index (χ0) is 13.7. The third-order valence-corrected chi connectivity index (χ3v) is 3.30. The normalized spacial score (nSPS) is 12.1. The first-order chi connectivity index (χ1) is 9.19. The minimum atomic E-state index is -0.874. The summed E-state index contributed by atoms with van der Waals surface area (Å²) < 4.78 is 5.02. The van der Waals surface area contributed by atoms with Crippen LogP contribution in [0.15, 0.2) is 22.8 Å². The molecule has 0 bridgehead atoms. The van der Waals surface area contributed by atoms with Crippen LogP contribution in [-0.4, -0.2) is 27.9 Å². The molecule has 2 aromatic rings. The summed E-state index contributed by atoms with van der Waals surface area (Å²) in [6.45, 7) is 2.02. The number of aryl methyl sites for hydroxylation is 1. The second-order valence-electron chi connectivity index (χ2n) is 3.72. The molecule has 102 valence electrons. The van der Waals surface area contributed by atoms with Gasteiger partial charge in [-0.3, -0.25) is 5.32 Å². The van der Waals surface area contributed by atoms with E-state index in [0.29, 0.717) is 10.9 Å². The van der Waals surface area contributed by atoms with E-state index in [9.17, 15) is 9.90 Å². The maximum absolute atomic E-state index is 11.6. The second kappa shape index (κ2) is 6.30. The number of anilines is 1. The molecule has 1 atom stereocenters. The summed E-state index contributed by atoms with van der Waals surface area (Å²) in [5, 5.41) is 23.8. The number of aliphatic hydroxyl groups excluding tert-OH is 1. The smallest absolute Gasteiger partial charge is 0.321 e. The topological polar surface area (TPSA) is 100 Å². The van der Waals surface area contributed by atoms with Crippen LogP contribution < -0.4 is 10.6 Å². The highest BCUT2D eigenvalue weighted by Gasteiger charge is 2.12. The number of furan rings is 1. The van der Waals surface area contributed by atoms with Crippen molar-refractivity contribution in [3.8, 4) is 0 Å². The minimum Gasteiger partial charge on any atom is -0.467 e. The van der Waals surface area contributed by atoms with Gasteiger partial charge in [-0.15, -0.1) is 10.2 Å². The summed E-state index contributed by atoms with van der Waals surface area (Å²) in [4.78, 5) is 11.6. The number of nitrogens with one attached hydrogen (secondary N) is 2. The third-order valence-electron chi connectivity index (χ3n) is 2.32. The van der Waals surface area contributed by atoms with Gasteiger partial charge < -0.3 is 14.8 Å². The van der Waals surface area contributed by atoms with Gasteiger partial charge in [-0.05, 0) is 18.6 Å². The van der Waals surface area contributed by atoms with Crippen molar-refractivity contribution in [1.82, 2.24) is 15.5 Å². The monoisotopic (exact) mass is 282 g/mol. The number of amides is 2. The standard InChI is InChI=1S/C11H14N4O3S/c1-2-9-14-15-11(19-9)13-10(17)12-6-7(16)8-4-3-5-18-8/h3-5,7,16H,2,6H2,1H3,(H2,12,13,15,17). The number of nitrogens with zero attached hydrogens (tertiary/aromatic N) is 2. The van der Waals surface area contributed by atoms with Crippen molar-refractivity contribution < 1.29 is 14.3 Å². The van der Waals surface area contributed by atoms with E-state index >= 15 is 0 Å². The number of aliphatic hydroxyl groups is 1. The number of hydrogen-bond acceptors (Lipinski definition) is 6. The van der Waals surface area contributed by atoms with Gasteiger partial charge in [0.05, 0.1) is 12.8 Å². The molecule has 0 spiro atoms. The molecular formula is C11H14N4O3S. The van der Waals surface area contributed by atoms with Crippen LogP contribution in [0.2, 0.25) is 0 Å². The summed E-state index contributed by atoms with van der Waals surface area (Å²) in [5.74, 6) is 0.407. The van der Waals surface area contributed by atoms with Crippen molar-refractivity contribution in [2.75, 3.05) is 11.9 Å². The van der Waals surface area contributed by atoms with E-state index in [1.165, 1.54) is 17.6 Å². The third kappa shape index (κ3) is 3.76. The van der Waals surface area contributed by atoms with E-state index in [0.717, 1.165) is 11.4 Å². The molecule has 2 aromatic heterocycles. The van der Waals surface area contributed by atoms with Crippen LogP contribution in [0.3, 0.4) is 0 Å². The predicted octanol–water partition coefficient (Wildman–Crippen LogP) is 1.55. The number of urea groups is 1. The molecule has 0 aromatic carbocycles. The van der Waals surface area contributed by atoms with E-state index in [2.05, 4.69) is 20.8 Å². The largest absolute Gasteiger partial charge is 0.467 e. The fourth-order valence-corrected chi connectivity index (χ4v) is 2.03.